The van der Waals surface area contributed by atoms with Gasteiger partial charge in [0.15, 0.2) is 0 Å². The number of ether oxygens (including phenoxy) is 1. The number of nitrogens with two attached hydrogens (primary N) is 1. The van der Waals surface area contributed by atoms with Gasteiger partial charge in [0.25, 0.3) is 0 Å². The summed E-state index contributed by atoms with van der Waals surface area (Å²) in [5, 5.41) is 0.649. The lowest BCUT2D eigenvalue weighted by Crippen LogP contribution is -2.27. The lowest BCUT2D eigenvalue weighted by Gasteiger charge is -2.23. The first kappa shape index (κ1) is 12.3. The van der Waals surface area contributed by atoms with Crippen molar-refractivity contribution < 1.29 is 4.74 Å². The second kappa shape index (κ2) is 4.86. The molecule has 84 valence electrons. The SMILES string of the molecule is CCOc1ccc(C(C)(C)CN)cc1Cl. The molecule has 0 unspecified atom stereocenters. The Balaban J connectivity index is 3.01. The maximum Gasteiger partial charge on any atom is 0.137 e. The van der Waals surface area contributed by atoms with Crippen LogP contribution in [0.5, 0.6) is 5.75 Å². The Bertz CT molecular complexity index is 336. The van der Waals surface area contributed by atoms with Crippen LogP contribution < -0.4 is 10.5 Å². The Morgan fingerprint density at radius 2 is 2.07 bits per heavy atom. The van der Waals surface area contributed by atoms with E-state index in [2.05, 4.69) is 13.8 Å². The van der Waals surface area contributed by atoms with Gasteiger partial charge in [-0.15, -0.1) is 0 Å². The fraction of sp³-hybridized carbons (Fsp3) is 0.500. The molecule has 2 N–H and O–H groups in total. The number of hydrogen-bond acceptors (Lipinski definition) is 2. The van der Waals surface area contributed by atoms with E-state index < -0.39 is 0 Å². The molecule has 1 aromatic rings. The molecule has 0 saturated heterocycles. The summed E-state index contributed by atoms with van der Waals surface area (Å²) in [4.78, 5) is 0. The number of rotatable bonds is 4. The van der Waals surface area contributed by atoms with Crippen LogP contribution in [-0.4, -0.2) is 13.2 Å². The summed E-state index contributed by atoms with van der Waals surface area (Å²) in [5.41, 5.74) is 6.80. The van der Waals surface area contributed by atoms with Gasteiger partial charge in [0.1, 0.15) is 5.75 Å². The van der Waals surface area contributed by atoms with Gasteiger partial charge < -0.3 is 10.5 Å². The first-order valence-corrected chi connectivity index (χ1v) is 5.52. The van der Waals surface area contributed by atoms with Crippen LogP contribution in [0.25, 0.3) is 0 Å². The van der Waals surface area contributed by atoms with Crippen LogP contribution in [0.1, 0.15) is 26.3 Å². The molecular formula is C12H18ClNO. The van der Waals surface area contributed by atoms with Gasteiger partial charge in [0, 0.05) is 12.0 Å². The fourth-order valence-electron chi connectivity index (χ4n) is 1.31. The van der Waals surface area contributed by atoms with E-state index in [4.69, 9.17) is 22.1 Å². The molecule has 0 aromatic heterocycles. The molecule has 3 heteroatoms. The van der Waals surface area contributed by atoms with Crippen molar-refractivity contribution in [2.75, 3.05) is 13.2 Å². The van der Waals surface area contributed by atoms with Crippen molar-refractivity contribution in [2.24, 2.45) is 5.73 Å². The van der Waals surface area contributed by atoms with Crippen LogP contribution in [-0.2, 0) is 5.41 Å². The van der Waals surface area contributed by atoms with Crippen molar-refractivity contribution in [3.8, 4) is 5.75 Å². The average molecular weight is 228 g/mol. The molecule has 0 amide bonds. The Morgan fingerprint density at radius 1 is 1.40 bits per heavy atom. The molecule has 0 bridgehead atoms. The molecule has 2 nitrogen and oxygen atoms in total. The van der Waals surface area contributed by atoms with Crippen LogP contribution in [0.2, 0.25) is 5.02 Å². The maximum absolute atomic E-state index is 6.11. The Hall–Kier alpha value is -0.730. The maximum atomic E-state index is 6.11. The predicted octanol–water partition coefficient (Wildman–Crippen LogP) is 2.98. The van der Waals surface area contributed by atoms with Crippen LogP contribution in [0.4, 0.5) is 0 Å². The minimum atomic E-state index is -0.0472. The van der Waals surface area contributed by atoms with Crippen molar-refractivity contribution in [2.45, 2.75) is 26.2 Å². The highest BCUT2D eigenvalue weighted by molar-refractivity contribution is 6.32. The molecule has 0 atom stereocenters. The molecule has 1 rings (SSSR count). The smallest absolute Gasteiger partial charge is 0.137 e. The zero-order chi connectivity index (χ0) is 11.5. The molecule has 0 saturated carbocycles. The summed E-state index contributed by atoms with van der Waals surface area (Å²) < 4.78 is 5.37. The van der Waals surface area contributed by atoms with E-state index in [0.29, 0.717) is 18.2 Å². The second-order valence-electron chi connectivity index (χ2n) is 4.17. The molecule has 0 aliphatic heterocycles. The number of hydrogen-bond donors (Lipinski definition) is 1. The van der Waals surface area contributed by atoms with Gasteiger partial charge in [0.05, 0.1) is 11.6 Å². The van der Waals surface area contributed by atoms with E-state index in [-0.39, 0.29) is 5.41 Å². The van der Waals surface area contributed by atoms with Crippen molar-refractivity contribution in [1.82, 2.24) is 0 Å². The van der Waals surface area contributed by atoms with Crippen molar-refractivity contribution in [3.63, 3.8) is 0 Å². The van der Waals surface area contributed by atoms with Crippen LogP contribution in [0, 0.1) is 0 Å². The fourth-order valence-corrected chi connectivity index (χ4v) is 1.55. The molecule has 15 heavy (non-hydrogen) atoms. The summed E-state index contributed by atoms with van der Waals surface area (Å²) in [6.45, 7) is 7.35. The third-order valence-electron chi connectivity index (χ3n) is 2.52. The average Bonchev–Trinajstić information content (AvgIpc) is 2.21. The summed E-state index contributed by atoms with van der Waals surface area (Å²) in [6.07, 6.45) is 0. The van der Waals surface area contributed by atoms with E-state index in [1.165, 1.54) is 0 Å². The van der Waals surface area contributed by atoms with Crippen LogP contribution in [0.3, 0.4) is 0 Å². The van der Waals surface area contributed by atoms with Crippen molar-refractivity contribution in [1.29, 1.82) is 0 Å². The van der Waals surface area contributed by atoms with E-state index in [0.717, 1.165) is 11.3 Å². The van der Waals surface area contributed by atoms with E-state index in [9.17, 15) is 0 Å². The third kappa shape index (κ3) is 2.86. The Kier molecular flexibility index (Phi) is 4.00. The van der Waals surface area contributed by atoms with Gasteiger partial charge in [-0.25, -0.2) is 0 Å². The first-order valence-electron chi connectivity index (χ1n) is 5.14. The zero-order valence-electron chi connectivity index (χ0n) is 9.51. The predicted molar refractivity (Wildman–Crippen MR) is 64.7 cm³/mol. The van der Waals surface area contributed by atoms with Crippen molar-refractivity contribution in [3.05, 3.63) is 28.8 Å². The highest BCUT2D eigenvalue weighted by Crippen LogP contribution is 2.30. The number of benzene rings is 1. The van der Waals surface area contributed by atoms with E-state index in [1.54, 1.807) is 0 Å². The lowest BCUT2D eigenvalue weighted by molar-refractivity contribution is 0.340. The summed E-state index contributed by atoms with van der Waals surface area (Å²) in [7, 11) is 0. The second-order valence-corrected chi connectivity index (χ2v) is 4.57. The van der Waals surface area contributed by atoms with Gasteiger partial charge in [-0.05, 0) is 24.6 Å². The van der Waals surface area contributed by atoms with Gasteiger partial charge in [-0.1, -0.05) is 31.5 Å². The molecule has 0 heterocycles. The van der Waals surface area contributed by atoms with E-state index in [1.807, 2.05) is 25.1 Å². The third-order valence-corrected chi connectivity index (χ3v) is 2.82. The van der Waals surface area contributed by atoms with Gasteiger partial charge in [0.2, 0.25) is 0 Å². The Morgan fingerprint density at radius 3 is 2.53 bits per heavy atom. The van der Waals surface area contributed by atoms with E-state index >= 15 is 0 Å². The van der Waals surface area contributed by atoms with Crippen molar-refractivity contribution >= 4 is 11.6 Å². The normalized spacial score (nSPS) is 11.5. The van der Waals surface area contributed by atoms with Gasteiger partial charge >= 0.3 is 0 Å². The topological polar surface area (TPSA) is 35.2 Å². The summed E-state index contributed by atoms with van der Waals surface area (Å²) >= 11 is 6.11. The molecule has 0 fully saturated rings. The first-order chi connectivity index (χ1) is 7.01. The minimum absolute atomic E-state index is 0.0472. The molecule has 0 aliphatic carbocycles. The highest BCUT2D eigenvalue weighted by atomic mass is 35.5. The Labute approximate surface area is 96.4 Å². The molecule has 0 spiro atoms. The monoisotopic (exact) mass is 227 g/mol. The number of halogens is 1. The standard InChI is InChI=1S/C12H18ClNO/c1-4-15-11-6-5-9(7-10(11)13)12(2,3)8-14/h5-7H,4,8,14H2,1-3H3. The molecule has 0 radical (unpaired) electrons. The molecule has 1 aromatic carbocycles. The summed E-state index contributed by atoms with van der Waals surface area (Å²) in [6, 6.07) is 5.85. The lowest BCUT2D eigenvalue weighted by atomic mass is 9.85. The summed E-state index contributed by atoms with van der Waals surface area (Å²) in [5.74, 6) is 0.732. The molecular weight excluding hydrogens is 210 g/mol. The van der Waals surface area contributed by atoms with Gasteiger partial charge in [-0.2, -0.15) is 0 Å². The quantitative estimate of drug-likeness (QED) is 0.859. The van der Waals surface area contributed by atoms with Gasteiger partial charge in [-0.3, -0.25) is 0 Å². The minimum Gasteiger partial charge on any atom is -0.492 e. The van der Waals surface area contributed by atoms with Crippen LogP contribution in [0.15, 0.2) is 18.2 Å². The highest BCUT2D eigenvalue weighted by Gasteiger charge is 2.19. The zero-order valence-corrected chi connectivity index (χ0v) is 10.3. The molecule has 0 aliphatic rings. The van der Waals surface area contributed by atoms with Crippen LogP contribution >= 0.6 is 11.6 Å². The largest absolute Gasteiger partial charge is 0.492 e.